The standard InChI is InChI=1S/C11H12ClN3O3/c12-11-13-5-4-8(15-11)14-9(16)6-2-1-3-7(6)10(17)18/h4-7H,1-3H2,(H,17,18)(H,13,14,15,16)/t6-,7+/m1/s1. The molecule has 7 heteroatoms. The van der Waals surface area contributed by atoms with E-state index in [0.29, 0.717) is 12.8 Å². The molecule has 0 aliphatic heterocycles. The summed E-state index contributed by atoms with van der Waals surface area (Å²) in [6.07, 6.45) is 3.30. The molecule has 2 rings (SSSR count). The molecule has 1 aliphatic rings. The summed E-state index contributed by atoms with van der Waals surface area (Å²) in [7, 11) is 0. The first-order valence-corrected chi connectivity index (χ1v) is 5.98. The van der Waals surface area contributed by atoms with Crippen LogP contribution in [0.15, 0.2) is 12.3 Å². The van der Waals surface area contributed by atoms with Crippen molar-refractivity contribution in [1.29, 1.82) is 0 Å². The van der Waals surface area contributed by atoms with Gasteiger partial charge in [-0.2, -0.15) is 0 Å². The highest BCUT2D eigenvalue weighted by Crippen LogP contribution is 2.32. The Labute approximate surface area is 108 Å². The number of carboxylic acids is 1. The van der Waals surface area contributed by atoms with E-state index in [1.165, 1.54) is 12.3 Å². The van der Waals surface area contributed by atoms with Crippen LogP contribution in [0.1, 0.15) is 19.3 Å². The summed E-state index contributed by atoms with van der Waals surface area (Å²) in [4.78, 5) is 30.5. The molecule has 1 aliphatic carbocycles. The van der Waals surface area contributed by atoms with Crippen LogP contribution in [0.4, 0.5) is 5.82 Å². The Balaban J connectivity index is 2.06. The van der Waals surface area contributed by atoms with Crippen LogP contribution in [-0.4, -0.2) is 27.0 Å². The molecule has 1 heterocycles. The first kappa shape index (κ1) is 12.8. The first-order valence-electron chi connectivity index (χ1n) is 5.60. The number of nitrogens with one attached hydrogen (secondary N) is 1. The molecule has 0 radical (unpaired) electrons. The number of carbonyl (C=O) groups excluding carboxylic acids is 1. The van der Waals surface area contributed by atoms with Crippen LogP contribution in [0.5, 0.6) is 0 Å². The van der Waals surface area contributed by atoms with Gasteiger partial charge in [0.15, 0.2) is 0 Å². The van der Waals surface area contributed by atoms with Gasteiger partial charge in [-0.3, -0.25) is 9.59 Å². The maximum Gasteiger partial charge on any atom is 0.307 e. The van der Waals surface area contributed by atoms with Gasteiger partial charge >= 0.3 is 5.97 Å². The zero-order valence-electron chi connectivity index (χ0n) is 9.47. The van der Waals surface area contributed by atoms with Gasteiger partial charge in [-0.05, 0) is 30.5 Å². The molecular weight excluding hydrogens is 258 g/mol. The molecule has 2 atom stereocenters. The van der Waals surface area contributed by atoms with E-state index in [-0.39, 0.29) is 17.0 Å². The third-order valence-corrected chi connectivity index (χ3v) is 3.23. The van der Waals surface area contributed by atoms with Gasteiger partial charge in [0.1, 0.15) is 5.82 Å². The third-order valence-electron chi connectivity index (χ3n) is 3.05. The monoisotopic (exact) mass is 269 g/mol. The second-order valence-corrected chi connectivity index (χ2v) is 4.52. The third kappa shape index (κ3) is 2.76. The number of carbonyl (C=O) groups is 2. The van der Waals surface area contributed by atoms with Crippen LogP contribution in [0, 0.1) is 11.8 Å². The van der Waals surface area contributed by atoms with E-state index in [2.05, 4.69) is 15.3 Å². The van der Waals surface area contributed by atoms with E-state index in [1.807, 2.05) is 0 Å². The van der Waals surface area contributed by atoms with Crippen LogP contribution in [0.2, 0.25) is 5.28 Å². The van der Waals surface area contributed by atoms with E-state index in [1.54, 1.807) is 0 Å². The molecule has 0 unspecified atom stereocenters. The molecule has 0 saturated heterocycles. The maximum absolute atomic E-state index is 12.0. The van der Waals surface area contributed by atoms with Gasteiger partial charge in [-0.25, -0.2) is 9.97 Å². The summed E-state index contributed by atoms with van der Waals surface area (Å²) in [5.74, 6) is -2.07. The normalized spacial score (nSPS) is 22.7. The SMILES string of the molecule is O=C(O)[C@H]1CCC[C@H]1C(=O)Nc1ccnc(Cl)n1. The molecule has 1 saturated carbocycles. The number of halogens is 1. The molecule has 1 aromatic heterocycles. The summed E-state index contributed by atoms with van der Waals surface area (Å²) in [5.41, 5.74) is 0. The largest absolute Gasteiger partial charge is 0.481 e. The lowest BCUT2D eigenvalue weighted by atomic mass is 9.95. The lowest BCUT2D eigenvalue weighted by Gasteiger charge is -2.14. The van der Waals surface area contributed by atoms with Crippen molar-refractivity contribution in [3.05, 3.63) is 17.5 Å². The number of aromatic nitrogens is 2. The Morgan fingerprint density at radius 2 is 2.11 bits per heavy atom. The minimum Gasteiger partial charge on any atom is -0.481 e. The predicted octanol–water partition coefficient (Wildman–Crippen LogP) is 1.57. The molecule has 1 fully saturated rings. The van der Waals surface area contributed by atoms with Gasteiger partial charge in [0.25, 0.3) is 0 Å². The molecule has 0 bridgehead atoms. The van der Waals surface area contributed by atoms with Crippen LogP contribution >= 0.6 is 11.6 Å². The smallest absolute Gasteiger partial charge is 0.307 e. The highest BCUT2D eigenvalue weighted by molar-refractivity contribution is 6.28. The minimum atomic E-state index is -0.923. The quantitative estimate of drug-likeness (QED) is 0.813. The average Bonchev–Trinajstić information content (AvgIpc) is 2.77. The topological polar surface area (TPSA) is 92.2 Å². The summed E-state index contributed by atoms with van der Waals surface area (Å²) in [6, 6.07) is 1.51. The van der Waals surface area contributed by atoms with E-state index in [4.69, 9.17) is 16.7 Å². The van der Waals surface area contributed by atoms with E-state index in [0.717, 1.165) is 6.42 Å². The van der Waals surface area contributed by atoms with Gasteiger partial charge in [0.05, 0.1) is 11.8 Å². The van der Waals surface area contributed by atoms with Crippen molar-refractivity contribution in [1.82, 2.24) is 9.97 Å². The highest BCUT2D eigenvalue weighted by Gasteiger charge is 2.37. The predicted molar refractivity (Wildman–Crippen MR) is 64.1 cm³/mol. The molecule has 96 valence electrons. The number of aliphatic carboxylic acids is 1. The zero-order chi connectivity index (χ0) is 13.1. The van der Waals surface area contributed by atoms with Crippen LogP contribution in [0.25, 0.3) is 0 Å². The first-order chi connectivity index (χ1) is 8.58. The molecule has 0 aromatic carbocycles. The molecular formula is C11H12ClN3O3. The lowest BCUT2D eigenvalue weighted by Crippen LogP contribution is -2.30. The zero-order valence-corrected chi connectivity index (χ0v) is 10.2. The summed E-state index contributed by atoms with van der Waals surface area (Å²) < 4.78 is 0. The number of rotatable bonds is 3. The number of anilines is 1. The Morgan fingerprint density at radius 3 is 2.78 bits per heavy atom. The molecule has 18 heavy (non-hydrogen) atoms. The second kappa shape index (κ2) is 5.30. The van der Waals surface area contributed by atoms with Crippen LogP contribution < -0.4 is 5.32 Å². The summed E-state index contributed by atoms with van der Waals surface area (Å²) >= 11 is 5.60. The van der Waals surface area contributed by atoms with E-state index < -0.39 is 17.8 Å². The van der Waals surface area contributed by atoms with Crippen LogP contribution in [-0.2, 0) is 9.59 Å². The van der Waals surface area contributed by atoms with Gasteiger partial charge in [0.2, 0.25) is 11.2 Å². The average molecular weight is 270 g/mol. The van der Waals surface area contributed by atoms with Crippen molar-refractivity contribution in [2.24, 2.45) is 11.8 Å². The number of carboxylic acid groups (broad SMARTS) is 1. The van der Waals surface area contributed by atoms with Crippen molar-refractivity contribution < 1.29 is 14.7 Å². The van der Waals surface area contributed by atoms with Gasteiger partial charge in [-0.15, -0.1) is 0 Å². The number of nitrogens with zero attached hydrogens (tertiary/aromatic N) is 2. The summed E-state index contributed by atoms with van der Waals surface area (Å²) in [6.45, 7) is 0. The van der Waals surface area contributed by atoms with E-state index in [9.17, 15) is 9.59 Å². The number of amides is 1. The Kier molecular flexibility index (Phi) is 3.76. The van der Waals surface area contributed by atoms with E-state index >= 15 is 0 Å². The van der Waals surface area contributed by atoms with Crippen molar-refractivity contribution >= 4 is 29.3 Å². The van der Waals surface area contributed by atoms with Crippen LogP contribution in [0.3, 0.4) is 0 Å². The molecule has 1 aromatic rings. The fourth-order valence-corrected chi connectivity index (χ4v) is 2.34. The highest BCUT2D eigenvalue weighted by atomic mass is 35.5. The lowest BCUT2D eigenvalue weighted by molar-refractivity contribution is -0.145. The fraction of sp³-hybridized carbons (Fsp3) is 0.455. The molecule has 2 N–H and O–H groups in total. The Morgan fingerprint density at radius 1 is 1.39 bits per heavy atom. The molecule has 6 nitrogen and oxygen atoms in total. The van der Waals surface area contributed by atoms with Crippen molar-refractivity contribution in [3.63, 3.8) is 0 Å². The molecule has 0 spiro atoms. The van der Waals surface area contributed by atoms with Gasteiger partial charge in [-0.1, -0.05) is 6.42 Å². The number of hydrogen-bond donors (Lipinski definition) is 2. The van der Waals surface area contributed by atoms with Gasteiger partial charge in [0, 0.05) is 6.20 Å². The van der Waals surface area contributed by atoms with Crippen molar-refractivity contribution in [2.75, 3.05) is 5.32 Å². The Hall–Kier alpha value is -1.69. The molecule has 1 amide bonds. The second-order valence-electron chi connectivity index (χ2n) is 4.18. The maximum atomic E-state index is 12.0. The van der Waals surface area contributed by atoms with Crippen molar-refractivity contribution in [3.8, 4) is 0 Å². The summed E-state index contributed by atoms with van der Waals surface area (Å²) in [5, 5.41) is 11.6. The minimum absolute atomic E-state index is 0.0361. The fourth-order valence-electron chi connectivity index (χ4n) is 2.19. The van der Waals surface area contributed by atoms with Gasteiger partial charge < -0.3 is 10.4 Å². The number of hydrogen-bond acceptors (Lipinski definition) is 4. The van der Waals surface area contributed by atoms with Crippen molar-refractivity contribution in [2.45, 2.75) is 19.3 Å². The Bertz CT molecular complexity index is 480.